The molecule has 0 radical (unpaired) electrons. The lowest BCUT2D eigenvalue weighted by Gasteiger charge is -2.10. The van der Waals surface area contributed by atoms with Gasteiger partial charge in [-0.05, 0) is 30.3 Å². The molecule has 0 unspecified atom stereocenters. The van der Waals surface area contributed by atoms with E-state index >= 15 is 0 Å². The molecule has 1 amide bonds. The molecule has 22 heavy (non-hydrogen) atoms. The molecule has 0 spiro atoms. The summed E-state index contributed by atoms with van der Waals surface area (Å²) in [7, 11) is 3.13. The van der Waals surface area contributed by atoms with Crippen LogP contribution < -0.4 is 14.8 Å². The van der Waals surface area contributed by atoms with Crippen LogP contribution in [0.1, 0.15) is 10.5 Å². The third-order valence-corrected chi connectivity index (χ3v) is 3.06. The predicted molar refractivity (Wildman–Crippen MR) is 82.2 cm³/mol. The number of carbonyl (C=O) groups excluding carboxylic acids is 1. The monoisotopic (exact) mass is 302 g/mol. The fraction of sp³-hybridized carbons (Fsp3) is 0.250. The van der Waals surface area contributed by atoms with Gasteiger partial charge in [-0.15, -0.1) is 0 Å². The quantitative estimate of drug-likeness (QED) is 0.845. The van der Waals surface area contributed by atoms with Gasteiger partial charge in [0.15, 0.2) is 11.5 Å². The normalized spacial score (nSPS) is 10.1. The van der Waals surface area contributed by atoms with Crippen LogP contribution >= 0.6 is 0 Å². The maximum Gasteiger partial charge on any atom is 0.269 e. The first-order valence-electron chi connectivity index (χ1n) is 6.78. The summed E-state index contributed by atoms with van der Waals surface area (Å²) in [6.45, 7) is 0.0855. The Morgan fingerprint density at radius 1 is 1.18 bits per heavy atom. The number of aliphatic hydroxyl groups is 1. The highest BCUT2D eigenvalue weighted by Crippen LogP contribution is 2.31. The van der Waals surface area contributed by atoms with E-state index in [1.165, 1.54) is 0 Å². The summed E-state index contributed by atoms with van der Waals surface area (Å²) in [5, 5.41) is 11.3. The number of nitrogens with one attached hydrogen (secondary N) is 1. The molecule has 6 nitrogen and oxygen atoms in total. The van der Waals surface area contributed by atoms with E-state index in [4.69, 9.17) is 14.6 Å². The minimum Gasteiger partial charge on any atom is -0.493 e. The van der Waals surface area contributed by atoms with Crippen LogP contribution in [-0.4, -0.2) is 43.4 Å². The average molecular weight is 302 g/mol. The largest absolute Gasteiger partial charge is 0.493 e. The van der Waals surface area contributed by atoms with Gasteiger partial charge in [-0.2, -0.15) is 0 Å². The van der Waals surface area contributed by atoms with E-state index in [9.17, 15) is 4.79 Å². The maximum atomic E-state index is 11.9. The Morgan fingerprint density at radius 3 is 2.64 bits per heavy atom. The van der Waals surface area contributed by atoms with Crippen molar-refractivity contribution in [3.63, 3.8) is 0 Å². The molecule has 0 fully saturated rings. The van der Waals surface area contributed by atoms with Crippen molar-refractivity contribution < 1.29 is 19.4 Å². The van der Waals surface area contributed by atoms with Gasteiger partial charge >= 0.3 is 0 Å². The number of amides is 1. The van der Waals surface area contributed by atoms with E-state index < -0.39 is 0 Å². The highest BCUT2D eigenvalue weighted by atomic mass is 16.5. The third kappa shape index (κ3) is 3.53. The van der Waals surface area contributed by atoms with Gasteiger partial charge < -0.3 is 19.9 Å². The Morgan fingerprint density at radius 2 is 1.95 bits per heavy atom. The van der Waals surface area contributed by atoms with Gasteiger partial charge in [0, 0.05) is 12.1 Å². The number of rotatable bonds is 6. The summed E-state index contributed by atoms with van der Waals surface area (Å²) in [5.74, 6) is 0.899. The molecular weight excluding hydrogens is 284 g/mol. The molecule has 2 N–H and O–H groups in total. The highest BCUT2D eigenvalue weighted by molar-refractivity contribution is 5.92. The van der Waals surface area contributed by atoms with E-state index in [-0.39, 0.29) is 19.1 Å². The predicted octanol–water partition coefficient (Wildman–Crippen LogP) is 1.49. The van der Waals surface area contributed by atoms with Gasteiger partial charge in [0.1, 0.15) is 5.69 Å². The van der Waals surface area contributed by atoms with Crippen molar-refractivity contribution in [1.29, 1.82) is 0 Å². The minimum atomic E-state index is -0.323. The van der Waals surface area contributed by atoms with Gasteiger partial charge in [-0.25, -0.2) is 4.98 Å². The van der Waals surface area contributed by atoms with Gasteiger partial charge in [0.25, 0.3) is 5.91 Å². The van der Waals surface area contributed by atoms with Crippen LogP contribution in [0.4, 0.5) is 0 Å². The second-order valence-electron chi connectivity index (χ2n) is 4.46. The number of aromatic nitrogens is 1. The second kappa shape index (κ2) is 7.42. The topological polar surface area (TPSA) is 80.7 Å². The van der Waals surface area contributed by atoms with Crippen LogP contribution in [0.5, 0.6) is 11.5 Å². The molecule has 0 atom stereocenters. The zero-order valence-electron chi connectivity index (χ0n) is 12.5. The third-order valence-electron chi connectivity index (χ3n) is 3.06. The fourth-order valence-corrected chi connectivity index (χ4v) is 1.98. The SMILES string of the molecule is COc1ccc(-c2cccc(C(=O)NCCO)n2)cc1OC. The molecule has 116 valence electrons. The number of methoxy groups -OCH3 is 2. The van der Waals surface area contributed by atoms with Crippen LogP contribution in [0.25, 0.3) is 11.3 Å². The summed E-state index contributed by atoms with van der Waals surface area (Å²) in [6, 6.07) is 10.6. The molecular formula is C16H18N2O4. The van der Waals surface area contributed by atoms with Crippen molar-refractivity contribution in [2.75, 3.05) is 27.4 Å². The number of nitrogens with zero attached hydrogens (tertiary/aromatic N) is 1. The molecule has 1 aromatic carbocycles. The molecule has 6 heteroatoms. The first kappa shape index (κ1) is 15.8. The molecule has 0 saturated carbocycles. The van der Waals surface area contributed by atoms with Crippen LogP contribution in [0.15, 0.2) is 36.4 Å². The Hall–Kier alpha value is -2.60. The van der Waals surface area contributed by atoms with E-state index in [1.54, 1.807) is 38.5 Å². The lowest BCUT2D eigenvalue weighted by Crippen LogP contribution is -2.27. The Kier molecular flexibility index (Phi) is 5.32. The van der Waals surface area contributed by atoms with Crippen molar-refractivity contribution in [1.82, 2.24) is 10.3 Å². The number of benzene rings is 1. The Balaban J connectivity index is 2.31. The lowest BCUT2D eigenvalue weighted by atomic mass is 10.1. The summed E-state index contributed by atoms with van der Waals surface area (Å²) < 4.78 is 10.5. The Bertz CT molecular complexity index is 658. The van der Waals surface area contributed by atoms with E-state index in [2.05, 4.69) is 10.3 Å². The van der Waals surface area contributed by atoms with Crippen molar-refractivity contribution in [3.05, 3.63) is 42.1 Å². The van der Waals surface area contributed by atoms with Gasteiger partial charge in [-0.3, -0.25) is 4.79 Å². The number of ether oxygens (including phenoxy) is 2. The molecule has 1 aromatic heterocycles. The van der Waals surface area contributed by atoms with Crippen LogP contribution in [0, 0.1) is 0 Å². The standard InChI is InChI=1S/C16H18N2O4/c1-21-14-7-6-11(10-15(14)22-2)12-4-3-5-13(18-12)16(20)17-8-9-19/h3-7,10,19H,8-9H2,1-2H3,(H,17,20). The van der Waals surface area contributed by atoms with Gasteiger partial charge in [0.2, 0.25) is 0 Å². The summed E-state index contributed by atoms with van der Waals surface area (Å²) in [6.07, 6.45) is 0. The molecule has 0 aliphatic heterocycles. The van der Waals surface area contributed by atoms with Crippen LogP contribution in [-0.2, 0) is 0 Å². The smallest absolute Gasteiger partial charge is 0.269 e. The van der Waals surface area contributed by atoms with E-state index in [0.717, 1.165) is 5.56 Å². The van der Waals surface area contributed by atoms with E-state index in [0.29, 0.717) is 22.9 Å². The van der Waals surface area contributed by atoms with Crippen molar-refractivity contribution >= 4 is 5.91 Å². The average Bonchev–Trinajstić information content (AvgIpc) is 2.59. The highest BCUT2D eigenvalue weighted by Gasteiger charge is 2.10. The first-order chi connectivity index (χ1) is 10.7. The van der Waals surface area contributed by atoms with Crippen molar-refractivity contribution in [3.8, 4) is 22.8 Å². The Labute approximate surface area is 128 Å². The van der Waals surface area contributed by atoms with Crippen LogP contribution in [0.3, 0.4) is 0 Å². The van der Waals surface area contributed by atoms with Gasteiger partial charge in [-0.1, -0.05) is 6.07 Å². The van der Waals surface area contributed by atoms with Gasteiger partial charge in [0.05, 0.1) is 26.5 Å². The summed E-state index contributed by atoms with van der Waals surface area (Å²) in [5.41, 5.74) is 1.76. The molecule has 2 rings (SSSR count). The molecule has 1 heterocycles. The van der Waals surface area contributed by atoms with Crippen molar-refractivity contribution in [2.24, 2.45) is 0 Å². The second-order valence-corrected chi connectivity index (χ2v) is 4.46. The molecule has 0 bridgehead atoms. The molecule has 2 aromatic rings. The maximum absolute atomic E-state index is 11.9. The fourth-order valence-electron chi connectivity index (χ4n) is 1.98. The zero-order valence-corrected chi connectivity index (χ0v) is 12.5. The van der Waals surface area contributed by atoms with E-state index in [1.807, 2.05) is 12.1 Å². The first-order valence-corrected chi connectivity index (χ1v) is 6.78. The van der Waals surface area contributed by atoms with Crippen LogP contribution in [0.2, 0.25) is 0 Å². The zero-order chi connectivity index (χ0) is 15.9. The lowest BCUT2D eigenvalue weighted by molar-refractivity contribution is 0.0940. The number of aliphatic hydroxyl groups excluding tert-OH is 1. The summed E-state index contributed by atoms with van der Waals surface area (Å²) in [4.78, 5) is 16.2. The number of hydrogen-bond acceptors (Lipinski definition) is 5. The number of pyridine rings is 1. The molecule has 0 aliphatic carbocycles. The molecule has 0 saturated heterocycles. The number of hydrogen-bond donors (Lipinski definition) is 2. The minimum absolute atomic E-state index is 0.110. The van der Waals surface area contributed by atoms with Crippen molar-refractivity contribution in [2.45, 2.75) is 0 Å². The summed E-state index contributed by atoms with van der Waals surface area (Å²) >= 11 is 0. The molecule has 0 aliphatic rings. The number of carbonyl (C=O) groups is 1.